The molecule has 1 atom stereocenters. The Labute approximate surface area is 156 Å². The Balaban J connectivity index is 2.16. The van der Waals surface area contributed by atoms with Gasteiger partial charge in [-0.05, 0) is 48.9 Å². The lowest BCUT2D eigenvalue weighted by Gasteiger charge is -2.26. The van der Waals surface area contributed by atoms with Crippen LogP contribution in [-0.4, -0.2) is 16.8 Å². The summed E-state index contributed by atoms with van der Waals surface area (Å²) in [5, 5.41) is 10.2. The number of halogens is 2. The third-order valence-corrected chi connectivity index (χ3v) is 4.94. The van der Waals surface area contributed by atoms with Crippen molar-refractivity contribution in [3.8, 4) is 0 Å². The van der Waals surface area contributed by atoms with E-state index in [9.17, 15) is 14.7 Å². The normalized spacial score (nSPS) is 17.5. The van der Waals surface area contributed by atoms with E-state index < -0.39 is 17.7 Å². The lowest BCUT2D eigenvalue weighted by atomic mass is 9.96. The fourth-order valence-electron chi connectivity index (χ4n) is 2.79. The number of nitrogens with zero attached hydrogens (tertiary/aromatic N) is 1. The SMILES string of the molecule is CC(=O)C1=C(O)C(=O)N(c2ccc(Br)cc2)[C@@H]1c1ccc(Br)cc1. The standard InChI is InChI=1S/C18H13Br2NO3/c1-10(22)15-16(11-2-4-12(19)5-3-11)21(18(24)17(15)23)14-8-6-13(20)7-9-14/h2-9,16,23H,1H3/t16-/m1/s1. The molecule has 0 radical (unpaired) electrons. The molecule has 3 rings (SSSR count). The maximum absolute atomic E-state index is 12.6. The molecular weight excluding hydrogens is 438 g/mol. The van der Waals surface area contributed by atoms with Crippen molar-refractivity contribution in [3.63, 3.8) is 0 Å². The highest BCUT2D eigenvalue weighted by atomic mass is 79.9. The predicted molar refractivity (Wildman–Crippen MR) is 98.8 cm³/mol. The first-order valence-corrected chi connectivity index (χ1v) is 8.77. The molecule has 1 aliphatic rings. The number of hydrogen-bond acceptors (Lipinski definition) is 3. The maximum atomic E-state index is 12.6. The Morgan fingerprint density at radius 3 is 2.00 bits per heavy atom. The van der Waals surface area contributed by atoms with Crippen molar-refractivity contribution in [3.05, 3.63) is 74.4 Å². The summed E-state index contributed by atoms with van der Waals surface area (Å²) in [5.74, 6) is -1.39. The fourth-order valence-corrected chi connectivity index (χ4v) is 3.32. The first-order chi connectivity index (χ1) is 11.4. The zero-order valence-corrected chi connectivity index (χ0v) is 15.8. The third kappa shape index (κ3) is 2.91. The van der Waals surface area contributed by atoms with Gasteiger partial charge in [0.1, 0.15) is 0 Å². The summed E-state index contributed by atoms with van der Waals surface area (Å²) >= 11 is 6.74. The van der Waals surface area contributed by atoms with E-state index in [0.717, 1.165) is 14.5 Å². The van der Waals surface area contributed by atoms with Gasteiger partial charge in [0.25, 0.3) is 5.91 Å². The van der Waals surface area contributed by atoms with Crippen LogP contribution in [0.1, 0.15) is 18.5 Å². The number of rotatable bonds is 3. The molecule has 2 aromatic rings. The smallest absolute Gasteiger partial charge is 0.294 e. The number of aliphatic hydroxyl groups is 1. The molecular formula is C18H13Br2NO3. The number of amides is 1. The van der Waals surface area contributed by atoms with Crippen LogP contribution < -0.4 is 4.90 Å². The van der Waals surface area contributed by atoms with Crippen LogP contribution in [0.4, 0.5) is 5.69 Å². The van der Waals surface area contributed by atoms with E-state index >= 15 is 0 Å². The zero-order valence-electron chi connectivity index (χ0n) is 12.7. The van der Waals surface area contributed by atoms with E-state index in [2.05, 4.69) is 31.9 Å². The zero-order chi connectivity index (χ0) is 17.4. The van der Waals surface area contributed by atoms with Gasteiger partial charge in [-0.2, -0.15) is 0 Å². The summed E-state index contributed by atoms with van der Waals surface area (Å²) < 4.78 is 1.77. The van der Waals surface area contributed by atoms with Crippen molar-refractivity contribution in [1.82, 2.24) is 0 Å². The summed E-state index contributed by atoms with van der Waals surface area (Å²) in [6, 6.07) is 13.8. The van der Waals surface area contributed by atoms with Gasteiger partial charge >= 0.3 is 0 Å². The van der Waals surface area contributed by atoms with Gasteiger partial charge in [0.05, 0.1) is 11.6 Å². The molecule has 2 aromatic carbocycles. The van der Waals surface area contributed by atoms with Crippen LogP contribution in [0.15, 0.2) is 68.8 Å². The molecule has 6 heteroatoms. The number of aliphatic hydroxyl groups excluding tert-OH is 1. The number of ketones is 1. The Morgan fingerprint density at radius 2 is 1.50 bits per heavy atom. The third-order valence-electron chi connectivity index (χ3n) is 3.88. The molecule has 1 N–H and O–H groups in total. The number of hydrogen-bond donors (Lipinski definition) is 1. The molecule has 0 aliphatic carbocycles. The van der Waals surface area contributed by atoms with Gasteiger partial charge in [0, 0.05) is 14.6 Å². The predicted octanol–water partition coefficient (Wildman–Crippen LogP) is 4.70. The molecule has 0 aromatic heterocycles. The van der Waals surface area contributed by atoms with Gasteiger partial charge in [-0.1, -0.05) is 44.0 Å². The summed E-state index contributed by atoms with van der Waals surface area (Å²) in [6.45, 7) is 1.36. The van der Waals surface area contributed by atoms with Crippen molar-refractivity contribution in [2.75, 3.05) is 4.90 Å². The van der Waals surface area contributed by atoms with Crippen LogP contribution >= 0.6 is 31.9 Å². The Kier molecular flexibility index (Phi) is 4.60. The van der Waals surface area contributed by atoms with Gasteiger partial charge in [0.15, 0.2) is 11.5 Å². The molecule has 0 unspecified atom stereocenters. The summed E-state index contributed by atoms with van der Waals surface area (Å²) in [4.78, 5) is 26.1. The number of Topliss-reactive ketones (excluding diaryl/α,β-unsaturated/α-hetero) is 1. The minimum Gasteiger partial charge on any atom is -0.503 e. The summed E-state index contributed by atoms with van der Waals surface area (Å²) in [5.41, 5.74) is 1.48. The molecule has 24 heavy (non-hydrogen) atoms. The highest BCUT2D eigenvalue weighted by Crippen LogP contribution is 2.41. The van der Waals surface area contributed by atoms with Crippen LogP contribution in [0.5, 0.6) is 0 Å². The highest BCUT2D eigenvalue weighted by Gasteiger charge is 2.43. The molecule has 1 heterocycles. The lowest BCUT2D eigenvalue weighted by Crippen LogP contribution is -2.30. The molecule has 0 saturated carbocycles. The van der Waals surface area contributed by atoms with E-state index in [4.69, 9.17) is 0 Å². The Bertz CT molecular complexity index is 842. The van der Waals surface area contributed by atoms with Crippen molar-refractivity contribution in [2.45, 2.75) is 13.0 Å². The van der Waals surface area contributed by atoms with E-state index in [0.29, 0.717) is 5.69 Å². The number of carbonyl (C=O) groups excluding carboxylic acids is 2. The van der Waals surface area contributed by atoms with Crippen molar-refractivity contribution >= 4 is 49.2 Å². The van der Waals surface area contributed by atoms with Crippen molar-refractivity contribution < 1.29 is 14.7 Å². The van der Waals surface area contributed by atoms with Crippen LogP contribution in [0.3, 0.4) is 0 Å². The number of carbonyl (C=O) groups is 2. The molecule has 4 nitrogen and oxygen atoms in total. The molecule has 1 aliphatic heterocycles. The molecule has 0 spiro atoms. The molecule has 0 bridgehead atoms. The van der Waals surface area contributed by atoms with E-state index in [-0.39, 0.29) is 11.4 Å². The van der Waals surface area contributed by atoms with Gasteiger partial charge in [-0.3, -0.25) is 14.5 Å². The van der Waals surface area contributed by atoms with Gasteiger partial charge in [0.2, 0.25) is 0 Å². The van der Waals surface area contributed by atoms with Crippen LogP contribution in [-0.2, 0) is 9.59 Å². The molecule has 122 valence electrons. The summed E-state index contributed by atoms with van der Waals surface area (Å²) in [6.07, 6.45) is 0. The monoisotopic (exact) mass is 449 g/mol. The minimum atomic E-state index is -0.649. The number of benzene rings is 2. The van der Waals surface area contributed by atoms with Crippen molar-refractivity contribution in [2.24, 2.45) is 0 Å². The fraction of sp³-hybridized carbons (Fsp3) is 0.111. The molecule has 1 amide bonds. The van der Waals surface area contributed by atoms with Crippen LogP contribution in [0.25, 0.3) is 0 Å². The van der Waals surface area contributed by atoms with E-state index in [1.165, 1.54) is 11.8 Å². The van der Waals surface area contributed by atoms with Gasteiger partial charge in [-0.25, -0.2) is 0 Å². The topological polar surface area (TPSA) is 57.6 Å². The van der Waals surface area contributed by atoms with Crippen molar-refractivity contribution in [1.29, 1.82) is 0 Å². The second kappa shape index (κ2) is 6.53. The lowest BCUT2D eigenvalue weighted by molar-refractivity contribution is -0.117. The molecule has 0 fully saturated rings. The highest BCUT2D eigenvalue weighted by molar-refractivity contribution is 9.10. The second-order valence-electron chi connectivity index (χ2n) is 5.42. The van der Waals surface area contributed by atoms with Crippen LogP contribution in [0.2, 0.25) is 0 Å². The van der Waals surface area contributed by atoms with E-state index in [1.54, 1.807) is 12.1 Å². The first kappa shape index (κ1) is 16.9. The number of anilines is 1. The summed E-state index contributed by atoms with van der Waals surface area (Å²) in [7, 11) is 0. The largest absolute Gasteiger partial charge is 0.503 e. The quantitative estimate of drug-likeness (QED) is 0.737. The van der Waals surface area contributed by atoms with Gasteiger partial charge < -0.3 is 5.11 Å². The average molecular weight is 451 g/mol. The first-order valence-electron chi connectivity index (χ1n) is 7.19. The Hall–Kier alpha value is -1.92. The van der Waals surface area contributed by atoms with E-state index in [1.807, 2.05) is 36.4 Å². The Morgan fingerprint density at radius 1 is 1.00 bits per heavy atom. The average Bonchev–Trinajstić information content (AvgIpc) is 2.81. The van der Waals surface area contributed by atoms with Crippen LogP contribution in [0, 0.1) is 0 Å². The molecule has 0 saturated heterocycles. The van der Waals surface area contributed by atoms with Gasteiger partial charge in [-0.15, -0.1) is 0 Å². The minimum absolute atomic E-state index is 0.116. The maximum Gasteiger partial charge on any atom is 0.294 e. The second-order valence-corrected chi connectivity index (χ2v) is 7.26.